The lowest BCUT2D eigenvalue weighted by molar-refractivity contribution is -0.122. The normalized spacial score (nSPS) is 11.5. The van der Waals surface area contributed by atoms with E-state index in [1.165, 1.54) is 0 Å². The maximum Gasteiger partial charge on any atom is 0.220 e. The molecule has 0 spiro atoms. The van der Waals surface area contributed by atoms with Crippen LogP contribution in [-0.2, 0) is 4.79 Å². The molecule has 0 aromatic rings. The van der Waals surface area contributed by atoms with E-state index in [1.54, 1.807) is 0 Å². The number of hydrogen-bond donors (Lipinski definition) is 2. The van der Waals surface area contributed by atoms with Crippen LogP contribution in [-0.4, -0.2) is 23.2 Å². The summed E-state index contributed by atoms with van der Waals surface area (Å²) in [4.78, 5) is 11.4. The Morgan fingerprint density at radius 2 is 1.80 bits per heavy atom. The first kappa shape index (κ1) is 14.4. The van der Waals surface area contributed by atoms with Crippen molar-refractivity contribution in [2.45, 2.75) is 64.9 Å². The first-order valence-corrected chi connectivity index (χ1v) is 6.07. The minimum atomic E-state index is -0.722. The van der Waals surface area contributed by atoms with Crippen molar-refractivity contribution in [3.05, 3.63) is 0 Å². The van der Waals surface area contributed by atoms with Gasteiger partial charge in [0, 0.05) is 13.0 Å². The van der Waals surface area contributed by atoms with Crippen LogP contribution in [0.25, 0.3) is 0 Å². The lowest BCUT2D eigenvalue weighted by atomic mass is 9.97. The Hall–Kier alpha value is -0.570. The fourth-order valence-electron chi connectivity index (χ4n) is 1.39. The van der Waals surface area contributed by atoms with Crippen molar-refractivity contribution in [3.8, 4) is 0 Å². The molecule has 0 aliphatic heterocycles. The van der Waals surface area contributed by atoms with Gasteiger partial charge < -0.3 is 10.4 Å². The van der Waals surface area contributed by atoms with Gasteiger partial charge in [-0.05, 0) is 19.3 Å². The van der Waals surface area contributed by atoms with Crippen LogP contribution in [0.2, 0.25) is 0 Å². The van der Waals surface area contributed by atoms with Crippen molar-refractivity contribution in [1.29, 1.82) is 0 Å². The van der Waals surface area contributed by atoms with Crippen LogP contribution in [0, 0.1) is 0 Å². The van der Waals surface area contributed by atoms with Gasteiger partial charge in [0.1, 0.15) is 0 Å². The van der Waals surface area contributed by atoms with Crippen molar-refractivity contribution in [1.82, 2.24) is 5.32 Å². The van der Waals surface area contributed by atoms with E-state index in [-0.39, 0.29) is 5.91 Å². The van der Waals surface area contributed by atoms with Crippen LogP contribution >= 0.6 is 0 Å². The van der Waals surface area contributed by atoms with Crippen LogP contribution in [0.4, 0.5) is 0 Å². The highest BCUT2D eigenvalue weighted by atomic mass is 16.3. The zero-order valence-corrected chi connectivity index (χ0v) is 10.3. The lowest BCUT2D eigenvalue weighted by Gasteiger charge is -2.25. The van der Waals surface area contributed by atoms with Gasteiger partial charge in [-0.1, -0.05) is 33.6 Å². The summed E-state index contributed by atoms with van der Waals surface area (Å²) >= 11 is 0. The van der Waals surface area contributed by atoms with E-state index in [9.17, 15) is 9.90 Å². The van der Waals surface area contributed by atoms with E-state index in [4.69, 9.17) is 0 Å². The first-order valence-electron chi connectivity index (χ1n) is 6.07. The summed E-state index contributed by atoms with van der Waals surface area (Å²) in [5, 5.41) is 12.7. The van der Waals surface area contributed by atoms with Crippen molar-refractivity contribution < 1.29 is 9.90 Å². The van der Waals surface area contributed by atoms with E-state index < -0.39 is 5.60 Å². The molecular weight excluding hydrogens is 190 g/mol. The van der Waals surface area contributed by atoms with Gasteiger partial charge in [-0.15, -0.1) is 0 Å². The molecule has 0 heterocycles. The molecule has 0 bridgehead atoms. The highest BCUT2D eigenvalue weighted by molar-refractivity contribution is 5.75. The molecule has 0 aromatic heterocycles. The van der Waals surface area contributed by atoms with Crippen molar-refractivity contribution in [3.63, 3.8) is 0 Å². The van der Waals surface area contributed by atoms with E-state index >= 15 is 0 Å². The summed E-state index contributed by atoms with van der Waals surface area (Å²) in [6.45, 7) is 6.37. The number of hydrogen-bond acceptors (Lipinski definition) is 2. The minimum absolute atomic E-state index is 0.0591. The molecule has 0 aliphatic rings. The summed E-state index contributed by atoms with van der Waals surface area (Å²) in [5.74, 6) is 0.0591. The van der Waals surface area contributed by atoms with Crippen LogP contribution < -0.4 is 5.32 Å². The zero-order valence-electron chi connectivity index (χ0n) is 10.3. The molecule has 0 atom stereocenters. The molecule has 3 heteroatoms. The van der Waals surface area contributed by atoms with E-state index in [2.05, 4.69) is 12.2 Å². The monoisotopic (exact) mass is 215 g/mol. The molecule has 2 N–H and O–H groups in total. The number of rotatable bonds is 8. The van der Waals surface area contributed by atoms with Gasteiger partial charge >= 0.3 is 0 Å². The Balaban J connectivity index is 3.69. The molecular formula is C12H25NO2. The molecule has 1 amide bonds. The van der Waals surface area contributed by atoms with Gasteiger partial charge in [-0.25, -0.2) is 0 Å². The van der Waals surface area contributed by atoms with Crippen molar-refractivity contribution in [2.24, 2.45) is 0 Å². The SMILES string of the molecule is CCCCCC(=O)NCC(O)(CC)CC. The van der Waals surface area contributed by atoms with Gasteiger partial charge in [0.15, 0.2) is 0 Å². The van der Waals surface area contributed by atoms with Crippen LogP contribution in [0.3, 0.4) is 0 Å². The number of unbranched alkanes of at least 4 members (excludes halogenated alkanes) is 2. The number of aliphatic hydroxyl groups is 1. The second-order valence-electron chi connectivity index (χ2n) is 4.17. The minimum Gasteiger partial charge on any atom is -0.388 e. The predicted molar refractivity (Wildman–Crippen MR) is 62.7 cm³/mol. The molecule has 0 saturated heterocycles. The van der Waals surface area contributed by atoms with Crippen molar-refractivity contribution >= 4 is 5.91 Å². The zero-order chi connectivity index (χ0) is 11.7. The lowest BCUT2D eigenvalue weighted by Crippen LogP contribution is -2.41. The molecule has 0 aromatic carbocycles. The molecule has 0 aliphatic carbocycles. The highest BCUT2D eigenvalue weighted by Crippen LogP contribution is 2.12. The largest absolute Gasteiger partial charge is 0.388 e. The molecule has 0 fully saturated rings. The van der Waals surface area contributed by atoms with E-state index in [0.29, 0.717) is 25.8 Å². The molecule has 0 rings (SSSR count). The van der Waals surface area contributed by atoms with E-state index in [1.807, 2.05) is 13.8 Å². The summed E-state index contributed by atoms with van der Waals surface area (Å²) in [6.07, 6.45) is 5.11. The standard InChI is InChI=1S/C12H25NO2/c1-4-7-8-9-11(14)13-10-12(15,5-2)6-3/h15H,4-10H2,1-3H3,(H,13,14). The second kappa shape index (κ2) is 7.69. The fourth-order valence-corrected chi connectivity index (χ4v) is 1.39. The highest BCUT2D eigenvalue weighted by Gasteiger charge is 2.22. The fraction of sp³-hybridized carbons (Fsp3) is 0.917. The quantitative estimate of drug-likeness (QED) is 0.610. The number of carbonyl (C=O) groups excluding carboxylic acids is 1. The summed E-state index contributed by atoms with van der Waals surface area (Å²) in [6, 6.07) is 0. The third-order valence-corrected chi connectivity index (χ3v) is 2.94. The van der Waals surface area contributed by atoms with Gasteiger partial charge in [-0.2, -0.15) is 0 Å². The van der Waals surface area contributed by atoms with Crippen LogP contribution in [0.1, 0.15) is 59.3 Å². The predicted octanol–water partition coefficient (Wildman–Crippen LogP) is 2.23. The Labute approximate surface area is 93.3 Å². The number of nitrogens with one attached hydrogen (secondary N) is 1. The molecule has 90 valence electrons. The molecule has 15 heavy (non-hydrogen) atoms. The summed E-state index contributed by atoms with van der Waals surface area (Å²) in [5.41, 5.74) is -0.722. The average molecular weight is 215 g/mol. The topological polar surface area (TPSA) is 49.3 Å². The molecule has 0 unspecified atom stereocenters. The van der Waals surface area contributed by atoms with Gasteiger partial charge in [0.2, 0.25) is 5.91 Å². The summed E-state index contributed by atoms with van der Waals surface area (Å²) in [7, 11) is 0. The number of carbonyl (C=O) groups is 1. The molecule has 0 radical (unpaired) electrons. The number of amides is 1. The maximum atomic E-state index is 11.4. The smallest absolute Gasteiger partial charge is 0.220 e. The third-order valence-electron chi connectivity index (χ3n) is 2.94. The van der Waals surface area contributed by atoms with Gasteiger partial charge in [0.25, 0.3) is 0 Å². The van der Waals surface area contributed by atoms with Crippen molar-refractivity contribution in [2.75, 3.05) is 6.54 Å². The molecule has 3 nitrogen and oxygen atoms in total. The van der Waals surface area contributed by atoms with Gasteiger partial charge in [0.05, 0.1) is 5.60 Å². The Bertz CT molecular complexity index is 176. The Morgan fingerprint density at radius 1 is 1.20 bits per heavy atom. The average Bonchev–Trinajstić information content (AvgIpc) is 2.26. The molecule has 0 saturated carbocycles. The van der Waals surface area contributed by atoms with Crippen LogP contribution in [0.5, 0.6) is 0 Å². The Morgan fingerprint density at radius 3 is 2.27 bits per heavy atom. The maximum absolute atomic E-state index is 11.4. The second-order valence-corrected chi connectivity index (χ2v) is 4.17. The summed E-state index contributed by atoms with van der Waals surface area (Å²) < 4.78 is 0. The van der Waals surface area contributed by atoms with Gasteiger partial charge in [-0.3, -0.25) is 4.79 Å². The van der Waals surface area contributed by atoms with Crippen LogP contribution in [0.15, 0.2) is 0 Å². The third kappa shape index (κ3) is 6.50. The Kier molecular flexibility index (Phi) is 7.39. The first-order chi connectivity index (χ1) is 7.08. The van der Waals surface area contributed by atoms with E-state index in [0.717, 1.165) is 19.3 Å².